The molecule has 3 rings (SSSR count). The van der Waals surface area contributed by atoms with Gasteiger partial charge in [0.25, 0.3) is 0 Å². The second kappa shape index (κ2) is 8.85. The van der Waals surface area contributed by atoms with Gasteiger partial charge in [0.2, 0.25) is 11.8 Å². The Morgan fingerprint density at radius 2 is 1.52 bits per heavy atom. The van der Waals surface area contributed by atoms with Gasteiger partial charge < -0.3 is 10.2 Å². The van der Waals surface area contributed by atoms with Crippen molar-refractivity contribution in [2.45, 2.75) is 39.5 Å². The number of anilines is 2. The zero-order chi connectivity index (χ0) is 19.2. The van der Waals surface area contributed by atoms with Crippen LogP contribution in [0.5, 0.6) is 0 Å². The second-order valence-corrected chi connectivity index (χ2v) is 7.27. The molecular weight excluding hydrogens is 336 g/mol. The molecule has 0 bridgehead atoms. The Bertz CT molecular complexity index is 780. The van der Waals surface area contributed by atoms with Crippen molar-refractivity contribution in [2.24, 2.45) is 11.8 Å². The number of rotatable bonds is 5. The summed E-state index contributed by atoms with van der Waals surface area (Å²) in [4.78, 5) is 27.4. The average Bonchev–Trinajstić information content (AvgIpc) is 2.71. The summed E-state index contributed by atoms with van der Waals surface area (Å²) in [6.07, 6.45) is 3.07. The number of benzene rings is 2. The molecule has 1 aliphatic rings. The van der Waals surface area contributed by atoms with Crippen molar-refractivity contribution >= 4 is 23.2 Å². The van der Waals surface area contributed by atoms with Gasteiger partial charge in [-0.25, -0.2) is 0 Å². The summed E-state index contributed by atoms with van der Waals surface area (Å²) in [7, 11) is 0. The highest BCUT2D eigenvalue weighted by Crippen LogP contribution is 2.32. The number of nitrogens with zero attached hydrogens (tertiary/aromatic N) is 1. The summed E-state index contributed by atoms with van der Waals surface area (Å²) in [6.45, 7) is 4.66. The van der Waals surface area contributed by atoms with Gasteiger partial charge in [0.15, 0.2) is 0 Å². The Kier molecular flexibility index (Phi) is 6.28. The van der Waals surface area contributed by atoms with Crippen molar-refractivity contribution in [1.82, 2.24) is 0 Å². The van der Waals surface area contributed by atoms with E-state index in [1.165, 1.54) is 0 Å². The van der Waals surface area contributed by atoms with Gasteiger partial charge in [-0.3, -0.25) is 9.59 Å². The molecule has 27 heavy (non-hydrogen) atoms. The topological polar surface area (TPSA) is 49.4 Å². The lowest BCUT2D eigenvalue weighted by molar-refractivity contribution is -0.126. The molecule has 1 aliphatic carbocycles. The van der Waals surface area contributed by atoms with Crippen molar-refractivity contribution in [1.29, 1.82) is 0 Å². The Morgan fingerprint density at radius 3 is 2.15 bits per heavy atom. The van der Waals surface area contributed by atoms with Crippen molar-refractivity contribution in [2.75, 3.05) is 16.8 Å². The summed E-state index contributed by atoms with van der Waals surface area (Å²) in [5, 5.41) is 3.05. The fourth-order valence-electron chi connectivity index (χ4n) is 3.84. The van der Waals surface area contributed by atoms with Crippen LogP contribution in [0.1, 0.15) is 38.2 Å². The number of hydrogen-bond acceptors (Lipinski definition) is 2. The van der Waals surface area contributed by atoms with Crippen molar-refractivity contribution < 1.29 is 9.59 Å². The van der Waals surface area contributed by atoms with Crippen molar-refractivity contribution in [3.63, 3.8) is 0 Å². The first kappa shape index (κ1) is 19.2. The SMILES string of the molecule is CCN(C(=O)C1CCC(C(=O)Nc2ccccc2C)CC1)c1ccccc1. The van der Waals surface area contributed by atoms with E-state index < -0.39 is 0 Å². The molecule has 1 saturated carbocycles. The molecule has 2 amide bonds. The molecule has 0 saturated heterocycles. The first-order valence-corrected chi connectivity index (χ1v) is 9.83. The van der Waals surface area contributed by atoms with Gasteiger partial charge >= 0.3 is 0 Å². The van der Waals surface area contributed by atoms with Crippen molar-refractivity contribution in [3.05, 3.63) is 60.2 Å². The zero-order valence-corrected chi connectivity index (χ0v) is 16.2. The molecule has 1 fully saturated rings. The minimum absolute atomic E-state index is 0.00710. The predicted molar refractivity (Wildman–Crippen MR) is 110 cm³/mol. The third kappa shape index (κ3) is 4.57. The van der Waals surface area contributed by atoms with Crippen LogP contribution in [0.25, 0.3) is 0 Å². The third-order valence-electron chi connectivity index (χ3n) is 5.50. The maximum Gasteiger partial charge on any atom is 0.230 e. The summed E-state index contributed by atoms with van der Waals surface area (Å²) < 4.78 is 0. The van der Waals surface area contributed by atoms with Crippen LogP contribution < -0.4 is 10.2 Å². The molecule has 0 unspecified atom stereocenters. The molecule has 0 aromatic heterocycles. The van der Waals surface area contributed by atoms with Gasteiger partial charge in [0.05, 0.1) is 0 Å². The first-order chi connectivity index (χ1) is 13.1. The van der Waals surface area contributed by atoms with Crippen LogP contribution in [-0.2, 0) is 9.59 Å². The third-order valence-corrected chi connectivity index (χ3v) is 5.50. The number of carbonyl (C=O) groups excluding carboxylic acids is 2. The Labute approximate surface area is 161 Å². The normalized spacial score (nSPS) is 19.3. The van der Waals surface area contributed by atoms with E-state index in [1.54, 1.807) is 0 Å². The molecule has 4 nitrogen and oxygen atoms in total. The number of hydrogen-bond donors (Lipinski definition) is 1. The van der Waals surface area contributed by atoms with E-state index in [0.29, 0.717) is 6.54 Å². The van der Waals surface area contributed by atoms with Gasteiger partial charge in [0.1, 0.15) is 0 Å². The summed E-state index contributed by atoms with van der Waals surface area (Å²) >= 11 is 0. The van der Waals surface area contributed by atoms with Crippen LogP contribution in [0, 0.1) is 18.8 Å². The molecular formula is C23H28N2O2. The lowest BCUT2D eigenvalue weighted by atomic mass is 9.80. The Hall–Kier alpha value is -2.62. The largest absolute Gasteiger partial charge is 0.326 e. The quantitative estimate of drug-likeness (QED) is 0.829. The fraction of sp³-hybridized carbons (Fsp3) is 0.391. The van der Waals surface area contributed by atoms with E-state index in [2.05, 4.69) is 5.32 Å². The number of nitrogens with one attached hydrogen (secondary N) is 1. The van der Waals surface area contributed by atoms with E-state index in [1.807, 2.05) is 73.3 Å². The van der Waals surface area contributed by atoms with Gasteiger partial charge in [-0.05, 0) is 63.3 Å². The number of aryl methyl sites for hydroxylation is 1. The van der Waals surface area contributed by atoms with E-state index in [9.17, 15) is 9.59 Å². The summed E-state index contributed by atoms with van der Waals surface area (Å²) in [5.74, 6) is 0.250. The molecule has 0 aliphatic heterocycles. The first-order valence-electron chi connectivity index (χ1n) is 9.83. The summed E-state index contributed by atoms with van der Waals surface area (Å²) in [5.41, 5.74) is 2.89. The van der Waals surface area contributed by atoms with Crippen LogP contribution in [0.4, 0.5) is 11.4 Å². The van der Waals surface area contributed by atoms with Crippen LogP contribution in [-0.4, -0.2) is 18.4 Å². The maximum absolute atomic E-state index is 13.0. The number of carbonyl (C=O) groups is 2. The van der Waals surface area contributed by atoms with Crippen molar-refractivity contribution in [3.8, 4) is 0 Å². The molecule has 1 N–H and O–H groups in total. The highest BCUT2D eigenvalue weighted by atomic mass is 16.2. The lowest BCUT2D eigenvalue weighted by Gasteiger charge is -2.31. The van der Waals surface area contributed by atoms with Crippen LogP contribution in [0.15, 0.2) is 54.6 Å². The van der Waals surface area contributed by atoms with E-state index in [0.717, 1.165) is 42.6 Å². The molecule has 142 valence electrons. The minimum Gasteiger partial charge on any atom is -0.326 e. The maximum atomic E-state index is 13.0. The monoisotopic (exact) mass is 364 g/mol. The van der Waals surface area contributed by atoms with Gasteiger partial charge in [-0.15, -0.1) is 0 Å². The molecule has 0 radical (unpaired) electrons. The Morgan fingerprint density at radius 1 is 0.926 bits per heavy atom. The highest BCUT2D eigenvalue weighted by Gasteiger charge is 2.32. The minimum atomic E-state index is -0.0135. The number of amides is 2. The molecule has 0 atom stereocenters. The zero-order valence-electron chi connectivity index (χ0n) is 16.2. The van der Waals surface area contributed by atoms with Gasteiger partial charge in [-0.2, -0.15) is 0 Å². The average molecular weight is 364 g/mol. The predicted octanol–water partition coefficient (Wildman–Crippen LogP) is 4.79. The smallest absolute Gasteiger partial charge is 0.230 e. The molecule has 0 heterocycles. The molecule has 2 aromatic carbocycles. The lowest BCUT2D eigenvalue weighted by Crippen LogP contribution is -2.39. The van der Waals surface area contributed by atoms with Gasteiger partial charge in [-0.1, -0.05) is 36.4 Å². The summed E-state index contributed by atoms with van der Waals surface area (Å²) in [6, 6.07) is 17.6. The van der Waals surface area contributed by atoms with E-state index in [4.69, 9.17) is 0 Å². The molecule has 2 aromatic rings. The van der Waals surface area contributed by atoms with Crippen LogP contribution in [0.3, 0.4) is 0 Å². The highest BCUT2D eigenvalue weighted by molar-refractivity contribution is 5.96. The Balaban J connectivity index is 1.57. The van der Waals surface area contributed by atoms with Gasteiger partial charge in [0, 0.05) is 29.8 Å². The van der Waals surface area contributed by atoms with E-state index in [-0.39, 0.29) is 23.7 Å². The fourth-order valence-corrected chi connectivity index (χ4v) is 3.84. The standard InChI is InChI=1S/C23H28N2O2/c1-3-25(20-10-5-4-6-11-20)23(27)19-15-13-18(14-16-19)22(26)24-21-12-8-7-9-17(21)2/h4-12,18-19H,3,13-16H2,1-2H3,(H,24,26). The number of para-hydroxylation sites is 2. The van der Waals surface area contributed by atoms with E-state index >= 15 is 0 Å². The molecule has 4 heteroatoms. The second-order valence-electron chi connectivity index (χ2n) is 7.27. The van der Waals surface area contributed by atoms with Crippen LogP contribution in [0.2, 0.25) is 0 Å². The van der Waals surface area contributed by atoms with Crippen LogP contribution >= 0.6 is 0 Å². The molecule has 0 spiro atoms.